The molecule has 6 nitrogen and oxygen atoms in total. The molecule has 4 rings (SSSR count). The van der Waals surface area contributed by atoms with Gasteiger partial charge >= 0.3 is 0 Å². The molecule has 2 aromatic heterocycles. The van der Waals surface area contributed by atoms with Gasteiger partial charge in [-0.2, -0.15) is 9.97 Å². The molecular weight excluding hydrogens is 372 g/mol. The Balaban J connectivity index is 1.54. The maximum atomic E-state index is 4.76. The number of nitrogens with zero attached hydrogens (tertiary/aromatic N) is 4. The third-order valence-corrected chi connectivity index (χ3v) is 5.22. The number of aromatic nitrogens is 3. The molecule has 0 saturated carbocycles. The van der Waals surface area contributed by atoms with E-state index >= 15 is 0 Å². The van der Waals surface area contributed by atoms with Crippen molar-refractivity contribution in [1.29, 1.82) is 0 Å². The van der Waals surface area contributed by atoms with Crippen molar-refractivity contribution in [1.82, 2.24) is 15.0 Å². The van der Waals surface area contributed by atoms with E-state index in [4.69, 9.17) is 9.97 Å². The van der Waals surface area contributed by atoms with E-state index in [1.165, 1.54) is 22.0 Å². The zero-order valence-electron chi connectivity index (χ0n) is 18.0. The minimum Gasteiger partial charge on any atom is -0.363 e. The number of benzene rings is 2. The van der Waals surface area contributed by atoms with E-state index in [0.717, 1.165) is 30.3 Å². The minimum absolute atomic E-state index is 0.704. The molecule has 0 aliphatic heterocycles. The maximum Gasteiger partial charge on any atom is 0.229 e. The molecule has 2 heterocycles. The van der Waals surface area contributed by atoms with Crippen molar-refractivity contribution in [3.8, 4) is 0 Å². The molecule has 2 aromatic carbocycles. The van der Waals surface area contributed by atoms with Crippen molar-refractivity contribution in [2.24, 2.45) is 0 Å². The van der Waals surface area contributed by atoms with Gasteiger partial charge in [0, 0.05) is 56.5 Å². The number of anilines is 4. The van der Waals surface area contributed by atoms with Crippen LogP contribution in [0.5, 0.6) is 0 Å². The zero-order valence-corrected chi connectivity index (χ0v) is 18.0. The summed E-state index contributed by atoms with van der Waals surface area (Å²) in [6, 6.07) is 18.7. The highest BCUT2D eigenvalue weighted by Gasteiger charge is 2.12. The zero-order chi connectivity index (χ0) is 21.1. The maximum absolute atomic E-state index is 4.76. The van der Waals surface area contributed by atoms with Crippen LogP contribution < -0.4 is 15.1 Å². The molecule has 0 bridgehead atoms. The normalized spacial score (nSPS) is 10.9. The van der Waals surface area contributed by atoms with Gasteiger partial charge in [0.25, 0.3) is 0 Å². The van der Waals surface area contributed by atoms with Crippen molar-refractivity contribution in [2.45, 2.75) is 13.3 Å². The number of aryl methyl sites for hydroxylation is 1. The van der Waals surface area contributed by atoms with E-state index in [9.17, 15) is 0 Å². The Kier molecular flexibility index (Phi) is 5.57. The predicted octanol–water partition coefficient (Wildman–Crippen LogP) is 4.75. The van der Waals surface area contributed by atoms with Gasteiger partial charge < -0.3 is 20.1 Å². The van der Waals surface area contributed by atoms with Gasteiger partial charge in [0.1, 0.15) is 11.6 Å². The molecule has 4 aromatic rings. The summed E-state index contributed by atoms with van der Waals surface area (Å²) in [5.74, 6) is 2.36. The lowest BCUT2D eigenvalue weighted by molar-refractivity contribution is 0.838. The second kappa shape index (κ2) is 8.45. The van der Waals surface area contributed by atoms with Crippen LogP contribution in [-0.4, -0.2) is 42.6 Å². The Bertz CT molecular complexity index is 1130. The highest BCUT2D eigenvalue weighted by Crippen LogP contribution is 2.23. The average molecular weight is 401 g/mol. The Labute approximate surface area is 177 Å². The van der Waals surface area contributed by atoms with Crippen molar-refractivity contribution < 1.29 is 0 Å². The lowest BCUT2D eigenvalue weighted by atomic mass is 10.1. The largest absolute Gasteiger partial charge is 0.363 e. The molecule has 30 heavy (non-hydrogen) atoms. The summed E-state index contributed by atoms with van der Waals surface area (Å²) < 4.78 is 0. The number of rotatable bonds is 7. The standard InChI is InChI=1S/C24H28N6/c1-17-9-11-19(12-10-17)26-22-15-23(29(2)3)28-24(27-22)30(4)14-13-18-16-25-21-8-6-5-7-20(18)21/h5-12,15-16,25H,13-14H2,1-4H3,(H,26,27,28). The molecule has 0 radical (unpaired) electrons. The van der Waals surface area contributed by atoms with Crippen molar-refractivity contribution in [2.75, 3.05) is 42.8 Å². The predicted molar refractivity (Wildman–Crippen MR) is 126 cm³/mol. The summed E-state index contributed by atoms with van der Waals surface area (Å²) in [6.07, 6.45) is 3.01. The van der Waals surface area contributed by atoms with Crippen LogP contribution in [0.3, 0.4) is 0 Å². The number of aromatic amines is 1. The Morgan fingerprint density at radius 2 is 1.73 bits per heavy atom. The van der Waals surface area contributed by atoms with Gasteiger partial charge in [0.05, 0.1) is 0 Å². The van der Waals surface area contributed by atoms with Crippen LogP contribution in [0.25, 0.3) is 10.9 Å². The monoisotopic (exact) mass is 400 g/mol. The van der Waals surface area contributed by atoms with E-state index in [1.807, 2.05) is 32.1 Å². The molecule has 0 saturated heterocycles. The van der Waals surface area contributed by atoms with Crippen LogP contribution in [0.1, 0.15) is 11.1 Å². The summed E-state index contributed by atoms with van der Waals surface area (Å²) in [5.41, 5.74) is 4.72. The molecule has 0 aliphatic rings. The fourth-order valence-electron chi connectivity index (χ4n) is 3.40. The fraction of sp³-hybridized carbons (Fsp3) is 0.250. The Morgan fingerprint density at radius 3 is 2.50 bits per heavy atom. The van der Waals surface area contributed by atoms with Crippen molar-refractivity contribution in [3.63, 3.8) is 0 Å². The Hall–Kier alpha value is -3.54. The number of H-pyrrole nitrogens is 1. The van der Waals surface area contributed by atoms with Crippen molar-refractivity contribution in [3.05, 3.63) is 71.9 Å². The summed E-state index contributed by atoms with van der Waals surface area (Å²) >= 11 is 0. The first-order valence-electron chi connectivity index (χ1n) is 10.2. The number of nitrogens with one attached hydrogen (secondary N) is 2. The molecule has 2 N–H and O–H groups in total. The van der Waals surface area contributed by atoms with E-state index in [1.54, 1.807) is 0 Å². The molecule has 0 unspecified atom stereocenters. The van der Waals surface area contributed by atoms with E-state index in [0.29, 0.717) is 5.95 Å². The average Bonchev–Trinajstić information content (AvgIpc) is 3.16. The SMILES string of the molecule is Cc1ccc(Nc2cc(N(C)C)nc(N(C)CCc3c[nH]c4ccccc34)n2)cc1. The molecule has 0 aliphatic carbocycles. The quantitative estimate of drug-likeness (QED) is 0.469. The van der Waals surface area contributed by atoms with E-state index in [2.05, 4.69) is 76.9 Å². The van der Waals surface area contributed by atoms with E-state index in [-0.39, 0.29) is 0 Å². The van der Waals surface area contributed by atoms with Crippen molar-refractivity contribution >= 4 is 34.2 Å². The molecule has 0 atom stereocenters. The first-order chi connectivity index (χ1) is 14.5. The molecule has 154 valence electrons. The van der Waals surface area contributed by atoms with Gasteiger partial charge in [-0.3, -0.25) is 0 Å². The van der Waals surface area contributed by atoms with Gasteiger partial charge in [-0.15, -0.1) is 0 Å². The molecule has 6 heteroatoms. The molecule has 0 amide bonds. The minimum atomic E-state index is 0.704. The lowest BCUT2D eigenvalue weighted by Crippen LogP contribution is -2.24. The Morgan fingerprint density at radius 1 is 0.967 bits per heavy atom. The smallest absolute Gasteiger partial charge is 0.229 e. The summed E-state index contributed by atoms with van der Waals surface area (Å²) in [6.45, 7) is 2.90. The number of fused-ring (bicyclic) bond motifs is 1. The van der Waals surface area contributed by atoms with Gasteiger partial charge in [-0.1, -0.05) is 35.9 Å². The summed E-state index contributed by atoms with van der Waals surface area (Å²) in [4.78, 5) is 17.0. The summed E-state index contributed by atoms with van der Waals surface area (Å²) in [7, 11) is 6.03. The van der Waals surface area contributed by atoms with Gasteiger partial charge in [-0.05, 0) is 37.1 Å². The number of likely N-dealkylation sites (N-methyl/N-ethyl adjacent to an activating group) is 1. The van der Waals surface area contributed by atoms with Crippen LogP contribution in [0, 0.1) is 6.92 Å². The fourth-order valence-corrected chi connectivity index (χ4v) is 3.40. The van der Waals surface area contributed by atoms with Crippen LogP contribution >= 0.6 is 0 Å². The molecule has 0 fully saturated rings. The highest BCUT2D eigenvalue weighted by molar-refractivity contribution is 5.83. The number of hydrogen-bond donors (Lipinski definition) is 2. The van der Waals surface area contributed by atoms with Gasteiger partial charge in [-0.25, -0.2) is 0 Å². The molecule has 0 spiro atoms. The lowest BCUT2D eigenvalue weighted by Gasteiger charge is -2.21. The third kappa shape index (κ3) is 4.38. The number of para-hydroxylation sites is 1. The van der Waals surface area contributed by atoms with Crippen LogP contribution in [0.4, 0.5) is 23.3 Å². The van der Waals surface area contributed by atoms with Crippen LogP contribution in [0.15, 0.2) is 60.8 Å². The highest BCUT2D eigenvalue weighted by atomic mass is 15.3. The van der Waals surface area contributed by atoms with Gasteiger partial charge in [0.15, 0.2) is 0 Å². The second-order valence-electron chi connectivity index (χ2n) is 7.83. The van der Waals surface area contributed by atoms with E-state index < -0.39 is 0 Å². The molecular formula is C24H28N6. The van der Waals surface area contributed by atoms with Gasteiger partial charge in [0.2, 0.25) is 5.95 Å². The second-order valence-corrected chi connectivity index (χ2v) is 7.83. The van der Waals surface area contributed by atoms with Crippen LogP contribution in [-0.2, 0) is 6.42 Å². The third-order valence-electron chi connectivity index (χ3n) is 5.22. The topological polar surface area (TPSA) is 60.1 Å². The van der Waals surface area contributed by atoms with Crippen LogP contribution in [0.2, 0.25) is 0 Å². The number of hydrogen-bond acceptors (Lipinski definition) is 5. The first kappa shape index (κ1) is 19.8. The summed E-state index contributed by atoms with van der Waals surface area (Å²) in [5, 5.41) is 4.68. The first-order valence-corrected chi connectivity index (χ1v) is 10.2.